The second-order valence-electron chi connectivity index (χ2n) is 5.75. The normalized spacial score (nSPS) is 13.5. The van der Waals surface area contributed by atoms with Crippen molar-refractivity contribution in [1.82, 2.24) is 0 Å². The minimum Gasteiger partial charge on any atom is -0.278 e. The second-order valence-corrected chi connectivity index (χ2v) is 7.52. The fourth-order valence-electron chi connectivity index (χ4n) is 2.89. The highest BCUT2D eigenvalue weighted by Crippen LogP contribution is 2.36. The topological polar surface area (TPSA) is 24.7 Å². The summed E-state index contributed by atoms with van der Waals surface area (Å²) < 4.78 is 1.99. The Balaban J connectivity index is 1.96. The third kappa shape index (κ3) is 3.37. The van der Waals surface area contributed by atoms with E-state index in [2.05, 4.69) is 62.2 Å². The van der Waals surface area contributed by atoms with Gasteiger partial charge in [0.2, 0.25) is 0 Å². The fourth-order valence-corrected chi connectivity index (χ4v) is 4.29. The van der Waals surface area contributed by atoms with Gasteiger partial charge < -0.3 is 0 Å². The zero-order chi connectivity index (χ0) is 17.2. The van der Waals surface area contributed by atoms with Crippen LogP contribution in [0.15, 0.2) is 91.7 Å². The zero-order valence-electron chi connectivity index (χ0n) is 13.3. The van der Waals surface area contributed by atoms with Gasteiger partial charge in [-0.2, -0.15) is 0 Å². The summed E-state index contributed by atoms with van der Waals surface area (Å²) in [5.74, 6) is 0. The molecule has 3 aromatic rings. The lowest BCUT2D eigenvalue weighted by atomic mass is 9.99. The van der Waals surface area contributed by atoms with Crippen LogP contribution in [0.4, 0.5) is 5.69 Å². The van der Waals surface area contributed by atoms with Gasteiger partial charge in [0.05, 0.1) is 23.7 Å². The maximum Gasteiger partial charge on any atom is 0.0968 e. The predicted molar refractivity (Wildman–Crippen MR) is 111 cm³/mol. The van der Waals surface area contributed by atoms with Gasteiger partial charge in [0.1, 0.15) is 0 Å². The van der Waals surface area contributed by atoms with Crippen molar-refractivity contribution in [3.63, 3.8) is 0 Å². The Morgan fingerprint density at radius 3 is 1.96 bits per heavy atom. The van der Waals surface area contributed by atoms with Crippen LogP contribution in [0.3, 0.4) is 0 Å². The summed E-state index contributed by atoms with van der Waals surface area (Å²) in [7, 11) is 0. The molecule has 0 amide bonds. The molecule has 3 aromatic carbocycles. The first-order valence-corrected chi connectivity index (χ1v) is 9.53. The molecule has 25 heavy (non-hydrogen) atoms. The number of hydrogen-bond acceptors (Lipinski definition) is 2. The molecule has 0 bridgehead atoms. The number of fused-ring (bicyclic) bond motifs is 1. The van der Waals surface area contributed by atoms with Gasteiger partial charge in [0, 0.05) is 25.6 Å². The summed E-state index contributed by atoms with van der Waals surface area (Å²) in [5.41, 5.74) is 6.00. The summed E-state index contributed by atoms with van der Waals surface area (Å²) >= 11 is 7.22. The van der Waals surface area contributed by atoms with Gasteiger partial charge in [-0.3, -0.25) is 4.99 Å². The van der Waals surface area contributed by atoms with Crippen LogP contribution in [-0.2, 0) is 6.54 Å². The van der Waals surface area contributed by atoms with Gasteiger partial charge in [-0.05, 0) is 28.1 Å². The molecule has 0 N–H and O–H groups in total. The lowest BCUT2D eigenvalue weighted by molar-refractivity contribution is 1.07. The van der Waals surface area contributed by atoms with E-state index in [0.29, 0.717) is 6.54 Å². The van der Waals surface area contributed by atoms with Crippen molar-refractivity contribution in [3.8, 4) is 0 Å². The largest absolute Gasteiger partial charge is 0.278 e. The van der Waals surface area contributed by atoms with E-state index in [1.165, 1.54) is 0 Å². The Kier molecular flexibility index (Phi) is 4.64. The summed E-state index contributed by atoms with van der Waals surface area (Å²) in [6.07, 6.45) is 0. The van der Waals surface area contributed by atoms with Gasteiger partial charge in [-0.1, -0.05) is 76.6 Å². The quantitative estimate of drug-likeness (QED) is 0.432. The van der Waals surface area contributed by atoms with Crippen LogP contribution in [0.5, 0.6) is 0 Å². The van der Waals surface area contributed by atoms with Crippen molar-refractivity contribution in [3.05, 3.63) is 98.4 Å². The number of halogens is 2. The highest BCUT2D eigenvalue weighted by atomic mass is 79.9. The first-order chi connectivity index (χ1) is 12.2. The van der Waals surface area contributed by atoms with Crippen LogP contribution >= 0.6 is 31.9 Å². The first kappa shape index (κ1) is 16.4. The highest BCUT2D eigenvalue weighted by molar-refractivity contribution is 9.11. The van der Waals surface area contributed by atoms with Crippen molar-refractivity contribution >= 4 is 49.0 Å². The second kappa shape index (κ2) is 7.06. The van der Waals surface area contributed by atoms with Gasteiger partial charge in [0.15, 0.2) is 0 Å². The van der Waals surface area contributed by atoms with Crippen LogP contribution in [0.1, 0.15) is 16.7 Å². The van der Waals surface area contributed by atoms with Crippen molar-refractivity contribution in [1.29, 1.82) is 0 Å². The molecule has 0 unspecified atom stereocenters. The Labute approximate surface area is 163 Å². The molecule has 0 saturated heterocycles. The molecular formula is C21H14Br2N2. The molecule has 1 heterocycles. The van der Waals surface area contributed by atoms with Crippen LogP contribution in [0, 0.1) is 0 Å². The molecule has 0 spiro atoms. The van der Waals surface area contributed by atoms with Crippen molar-refractivity contribution < 1.29 is 0 Å². The Hall–Kier alpha value is -2.04. The van der Waals surface area contributed by atoms with Crippen molar-refractivity contribution in [2.24, 2.45) is 9.98 Å². The van der Waals surface area contributed by atoms with Crippen LogP contribution in [-0.4, -0.2) is 11.4 Å². The van der Waals surface area contributed by atoms with E-state index in [0.717, 1.165) is 42.7 Å². The minimum absolute atomic E-state index is 0.595. The van der Waals surface area contributed by atoms with Gasteiger partial charge >= 0.3 is 0 Å². The third-order valence-electron chi connectivity index (χ3n) is 4.06. The summed E-state index contributed by atoms with van der Waals surface area (Å²) in [5, 5.41) is 0. The highest BCUT2D eigenvalue weighted by Gasteiger charge is 2.19. The molecule has 0 radical (unpaired) electrons. The lowest BCUT2D eigenvalue weighted by Crippen LogP contribution is -2.16. The first-order valence-electron chi connectivity index (χ1n) is 7.94. The van der Waals surface area contributed by atoms with E-state index in [1.54, 1.807) is 0 Å². The molecule has 0 saturated carbocycles. The van der Waals surface area contributed by atoms with E-state index in [-0.39, 0.29) is 0 Å². The van der Waals surface area contributed by atoms with Gasteiger partial charge in [-0.25, -0.2) is 4.99 Å². The number of aliphatic imine (C=N–C) groups is 2. The molecule has 0 fully saturated rings. The summed E-state index contributed by atoms with van der Waals surface area (Å²) in [6.45, 7) is 0.595. The maximum absolute atomic E-state index is 5.03. The van der Waals surface area contributed by atoms with E-state index in [1.807, 2.05) is 42.5 Å². The molecule has 1 aliphatic heterocycles. The Morgan fingerprint density at radius 2 is 1.32 bits per heavy atom. The monoisotopic (exact) mass is 452 g/mol. The summed E-state index contributed by atoms with van der Waals surface area (Å²) in [6, 6.07) is 24.6. The van der Waals surface area contributed by atoms with E-state index >= 15 is 0 Å². The predicted octanol–water partition coefficient (Wildman–Crippen LogP) is 6.34. The Bertz CT molecular complexity index is 978. The van der Waals surface area contributed by atoms with Crippen molar-refractivity contribution in [2.45, 2.75) is 6.54 Å². The number of benzene rings is 3. The zero-order valence-corrected chi connectivity index (χ0v) is 16.5. The average Bonchev–Trinajstić information content (AvgIpc) is 2.83. The minimum atomic E-state index is 0.595. The van der Waals surface area contributed by atoms with E-state index < -0.39 is 0 Å². The lowest BCUT2D eigenvalue weighted by Gasteiger charge is -2.10. The molecule has 1 aliphatic rings. The third-order valence-corrected chi connectivity index (χ3v) is 5.12. The molecule has 4 rings (SSSR count). The van der Waals surface area contributed by atoms with Crippen LogP contribution < -0.4 is 0 Å². The fraction of sp³-hybridized carbons (Fsp3) is 0.0476. The van der Waals surface area contributed by atoms with Gasteiger partial charge in [-0.15, -0.1) is 0 Å². The number of rotatable bonds is 2. The van der Waals surface area contributed by atoms with E-state index in [9.17, 15) is 0 Å². The van der Waals surface area contributed by atoms with Crippen LogP contribution in [0.25, 0.3) is 0 Å². The SMILES string of the molecule is Brc1cc(Br)c2c(c1)CN=C(c1ccccc1)C(c1ccccc1)=N2. The molecular weight excluding hydrogens is 440 g/mol. The average molecular weight is 454 g/mol. The molecule has 2 nitrogen and oxygen atoms in total. The number of nitrogens with zero attached hydrogens (tertiary/aromatic N) is 2. The standard InChI is InChI=1S/C21H14Br2N2/c22-17-11-16-13-24-20(14-7-3-1-4-8-14)21(15-9-5-2-6-10-15)25-19(16)18(23)12-17/h1-12H,13H2. The van der Waals surface area contributed by atoms with E-state index in [4.69, 9.17) is 9.98 Å². The summed E-state index contributed by atoms with van der Waals surface area (Å²) in [4.78, 5) is 9.95. The molecule has 122 valence electrons. The van der Waals surface area contributed by atoms with Gasteiger partial charge in [0.25, 0.3) is 0 Å². The molecule has 0 atom stereocenters. The molecule has 4 heteroatoms. The molecule has 0 aromatic heterocycles. The van der Waals surface area contributed by atoms with Crippen LogP contribution in [0.2, 0.25) is 0 Å². The maximum atomic E-state index is 5.03. The molecule has 0 aliphatic carbocycles. The Morgan fingerprint density at radius 1 is 0.720 bits per heavy atom. The van der Waals surface area contributed by atoms with Crippen molar-refractivity contribution in [2.75, 3.05) is 0 Å². The number of hydrogen-bond donors (Lipinski definition) is 0. The smallest absolute Gasteiger partial charge is 0.0968 e.